The zero-order valence-corrected chi connectivity index (χ0v) is 12.4. The lowest BCUT2D eigenvalue weighted by molar-refractivity contribution is 0.284. The zero-order valence-electron chi connectivity index (χ0n) is 10.8. The van der Waals surface area contributed by atoms with Crippen LogP contribution in [-0.4, -0.2) is 12.4 Å². The lowest BCUT2D eigenvalue weighted by atomic mass is 10.0. The summed E-state index contributed by atoms with van der Waals surface area (Å²) in [5.74, 6) is 1.57. The first-order chi connectivity index (χ1) is 9.78. The van der Waals surface area contributed by atoms with Gasteiger partial charge in [-0.2, -0.15) is 0 Å². The van der Waals surface area contributed by atoms with Gasteiger partial charge in [0.05, 0.1) is 6.61 Å². The van der Waals surface area contributed by atoms with Gasteiger partial charge in [-0.3, -0.25) is 0 Å². The zero-order chi connectivity index (χ0) is 13.9. The van der Waals surface area contributed by atoms with Gasteiger partial charge in [-0.15, -0.1) is 23.4 Å². The maximum atomic E-state index is 13.8. The molecule has 0 N–H and O–H groups in total. The van der Waals surface area contributed by atoms with Crippen LogP contribution in [0.1, 0.15) is 17.0 Å². The second-order valence-corrected chi connectivity index (χ2v) is 6.08. The van der Waals surface area contributed by atoms with E-state index in [1.165, 1.54) is 16.5 Å². The topological polar surface area (TPSA) is 9.23 Å². The molecule has 0 aromatic heterocycles. The van der Waals surface area contributed by atoms with Crippen LogP contribution < -0.4 is 4.74 Å². The summed E-state index contributed by atoms with van der Waals surface area (Å²) < 4.78 is 19.5. The van der Waals surface area contributed by atoms with Crippen molar-refractivity contribution in [3.63, 3.8) is 0 Å². The molecule has 0 radical (unpaired) electrons. The molecule has 0 amide bonds. The molecule has 0 spiro atoms. The first kappa shape index (κ1) is 13.8. The van der Waals surface area contributed by atoms with Crippen LogP contribution in [0, 0.1) is 5.82 Å². The van der Waals surface area contributed by atoms with E-state index in [0.29, 0.717) is 24.2 Å². The molecule has 2 aromatic rings. The van der Waals surface area contributed by atoms with E-state index in [1.807, 2.05) is 23.9 Å². The molecule has 1 nitrogen and oxygen atoms in total. The largest absolute Gasteiger partial charge is 0.490 e. The van der Waals surface area contributed by atoms with Crippen LogP contribution in [0.3, 0.4) is 0 Å². The molecule has 1 heterocycles. The fourth-order valence-electron chi connectivity index (χ4n) is 2.30. The SMILES string of the molecule is Fc1cc(CCl)ccc1OCC1CSc2ccccc21. The maximum Gasteiger partial charge on any atom is 0.165 e. The number of hydrogen-bond acceptors (Lipinski definition) is 2. The Kier molecular flexibility index (Phi) is 4.18. The molecular weight excluding hydrogens is 295 g/mol. The van der Waals surface area contributed by atoms with E-state index in [2.05, 4.69) is 12.1 Å². The van der Waals surface area contributed by atoms with Crippen molar-refractivity contribution in [1.29, 1.82) is 0 Å². The summed E-state index contributed by atoms with van der Waals surface area (Å²) in [5.41, 5.74) is 2.06. The molecule has 0 fully saturated rings. The minimum absolute atomic E-state index is 0.299. The van der Waals surface area contributed by atoms with Gasteiger partial charge < -0.3 is 4.74 Å². The number of benzene rings is 2. The van der Waals surface area contributed by atoms with Gasteiger partial charge in [0, 0.05) is 22.4 Å². The number of fused-ring (bicyclic) bond motifs is 1. The Morgan fingerprint density at radius 3 is 2.90 bits per heavy atom. The molecule has 4 heteroatoms. The van der Waals surface area contributed by atoms with Crippen LogP contribution in [0.15, 0.2) is 47.4 Å². The van der Waals surface area contributed by atoms with Gasteiger partial charge in [0.25, 0.3) is 0 Å². The maximum absolute atomic E-state index is 13.8. The Morgan fingerprint density at radius 1 is 1.25 bits per heavy atom. The lowest BCUT2D eigenvalue weighted by Gasteiger charge is -2.13. The highest BCUT2D eigenvalue weighted by atomic mass is 35.5. The van der Waals surface area contributed by atoms with Crippen molar-refractivity contribution in [2.75, 3.05) is 12.4 Å². The van der Waals surface area contributed by atoms with E-state index < -0.39 is 0 Å². The van der Waals surface area contributed by atoms with Crippen LogP contribution in [0.4, 0.5) is 4.39 Å². The molecule has 1 aliphatic rings. The third kappa shape index (κ3) is 2.79. The molecule has 104 valence electrons. The third-order valence-electron chi connectivity index (χ3n) is 3.39. The number of halogens is 2. The van der Waals surface area contributed by atoms with Gasteiger partial charge >= 0.3 is 0 Å². The molecule has 0 aliphatic carbocycles. The number of ether oxygens (including phenoxy) is 1. The van der Waals surface area contributed by atoms with Crippen molar-refractivity contribution in [3.05, 3.63) is 59.4 Å². The Morgan fingerprint density at radius 2 is 2.10 bits per heavy atom. The number of alkyl halides is 1. The molecule has 1 aliphatic heterocycles. The van der Waals surface area contributed by atoms with Crippen molar-refractivity contribution in [3.8, 4) is 5.75 Å². The van der Waals surface area contributed by atoms with Crippen LogP contribution >= 0.6 is 23.4 Å². The van der Waals surface area contributed by atoms with E-state index in [0.717, 1.165) is 11.3 Å². The lowest BCUT2D eigenvalue weighted by Crippen LogP contribution is -2.10. The Bertz CT molecular complexity index is 617. The van der Waals surface area contributed by atoms with Crippen molar-refractivity contribution in [2.45, 2.75) is 16.7 Å². The van der Waals surface area contributed by atoms with Gasteiger partial charge in [-0.05, 0) is 29.3 Å². The first-order valence-electron chi connectivity index (χ1n) is 6.47. The summed E-state index contributed by atoms with van der Waals surface area (Å²) >= 11 is 7.51. The Balaban J connectivity index is 1.69. The van der Waals surface area contributed by atoms with E-state index in [4.69, 9.17) is 16.3 Å². The minimum Gasteiger partial charge on any atom is -0.490 e. The predicted molar refractivity (Wildman–Crippen MR) is 81.4 cm³/mol. The Hall–Kier alpha value is -1.19. The summed E-state index contributed by atoms with van der Waals surface area (Å²) in [7, 11) is 0. The summed E-state index contributed by atoms with van der Waals surface area (Å²) in [4.78, 5) is 1.30. The van der Waals surface area contributed by atoms with Gasteiger partial charge in [-0.1, -0.05) is 24.3 Å². The fraction of sp³-hybridized carbons (Fsp3) is 0.250. The van der Waals surface area contributed by atoms with Crippen LogP contribution in [0.5, 0.6) is 5.75 Å². The van der Waals surface area contributed by atoms with E-state index in [9.17, 15) is 4.39 Å². The second kappa shape index (κ2) is 6.06. The van der Waals surface area contributed by atoms with Gasteiger partial charge in [-0.25, -0.2) is 4.39 Å². The number of thioether (sulfide) groups is 1. The average Bonchev–Trinajstić information content (AvgIpc) is 2.89. The molecule has 1 atom stereocenters. The normalized spacial score (nSPS) is 17.0. The average molecular weight is 309 g/mol. The number of rotatable bonds is 4. The molecule has 2 aromatic carbocycles. The molecule has 0 saturated carbocycles. The van der Waals surface area contributed by atoms with E-state index in [-0.39, 0.29) is 5.82 Å². The molecule has 0 saturated heterocycles. The predicted octanol–water partition coefficient (Wildman–Crippen LogP) is 4.83. The van der Waals surface area contributed by atoms with Gasteiger partial charge in [0.1, 0.15) is 0 Å². The summed E-state index contributed by atoms with van der Waals surface area (Å²) in [6, 6.07) is 13.2. The van der Waals surface area contributed by atoms with Crippen LogP contribution in [0.2, 0.25) is 0 Å². The quantitative estimate of drug-likeness (QED) is 0.748. The third-order valence-corrected chi connectivity index (χ3v) is 4.95. The number of hydrogen-bond donors (Lipinski definition) is 0. The fourth-order valence-corrected chi connectivity index (χ4v) is 3.70. The van der Waals surface area contributed by atoms with Crippen molar-refractivity contribution in [2.24, 2.45) is 0 Å². The molecule has 1 unspecified atom stereocenters. The van der Waals surface area contributed by atoms with Crippen LogP contribution in [0.25, 0.3) is 0 Å². The highest BCUT2D eigenvalue weighted by molar-refractivity contribution is 7.99. The van der Waals surface area contributed by atoms with Gasteiger partial charge in [0.2, 0.25) is 0 Å². The van der Waals surface area contributed by atoms with Gasteiger partial charge in [0.15, 0.2) is 11.6 Å². The summed E-state index contributed by atoms with van der Waals surface area (Å²) in [6.45, 7) is 0.501. The second-order valence-electron chi connectivity index (χ2n) is 4.76. The van der Waals surface area contributed by atoms with Crippen molar-refractivity contribution >= 4 is 23.4 Å². The standard InChI is InChI=1S/C16H14ClFOS/c17-8-11-5-6-15(14(18)7-11)19-9-12-10-20-16-4-2-1-3-13(12)16/h1-7,12H,8-10H2. The monoisotopic (exact) mass is 308 g/mol. The minimum atomic E-state index is -0.345. The summed E-state index contributed by atoms with van der Waals surface area (Å²) in [5, 5.41) is 0. The smallest absolute Gasteiger partial charge is 0.165 e. The van der Waals surface area contributed by atoms with E-state index in [1.54, 1.807) is 12.1 Å². The molecule has 3 rings (SSSR count). The highest BCUT2D eigenvalue weighted by Crippen LogP contribution is 2.39. The molecule has 20 heavy (non-hydrogen) atoms. The van der Waals surface area contributed by atoms with Crippen molar-refractivity contribution < 1.29 is 9.13 Å². The Labute approximate surface area is 127 Å². The van der Waals surface area contributed by atoms with Crippen LogP contribution in [-0.2, 0) is 5.88 Å². The van der Waals surface area contributed by atoms with E-state index >= 15 is 0 Å². The molecular formula is C16H14ClFOS. The highest BCUT2D eigenvalue weighted by Gasteiger charge is 2.23. The molecule has 0 bridgehead atoms. The van der Waals surface area contributed by atoms with Crippen molar-refractivity contribution in [1.82, 2.24) is 0 Å². The summed E-state index contributed by atoms with van der Waals surface area (Å²) in [6.07, 6.45) is 0. The first-order valence-corrected chi connectivity index (χ1v) is 7.99.